The van der Waals surface area contributed by atoms with Crippen LogP contribution < -0.4 is 10.1 Å². The predicted octanol–water partition coefficient (Wildman–Crippen LogP) is 1.16. The lowest BCUT2D eigenvalue weighted by Crippen LogP contribution is -2.13. The Morgan fingerprint density at radius 2 is 2.24 bits per heavy atom. The minimum Gasteiger partial charge on any atom is -0.495 e. The third-order valence-electron chi connectivity index (χ3n) is 2.54. The van der Waals surface area contributed by atoms with Crippen molar-refractivity contribution in [1.82, 2.24) is 15.4 Å². The number of anilines is 1. The van der Waals surface area contributed by atoms with E-state index in [9.17, 15) is 9.59 Å². The van der Waals surface area contributed by atoms with Gasteiger partial charge in [0, 0.05) is 6.08 Å². The number of rotatable bonds is 5. The number of H-pyrrole nitrogens is 1. The van der Waals surface area contributed by atoms with E-state index in [-0.39, 0.29) is 5.69 Å². The number of hydrogen-bond acceptors (Lipinski definition) is 5. The molecule has 1 amide bonds. The fraction of sp³-hybridized carbons (Fsp3) is 0.0769. The van der Waals surface area contributed by atoms with E-state index < -0.39 is 11.9 Å². The summed E-state index contributed by atoms with van der Waals surface area (Å²) in [6.45, 7) is 0. The number of aromatic nitrogens is 3. The Kier molecular flexibility index (Phi) is 4.30. The number of ether oxygens (including phenoxy) is 1. The molecule has 0 unspecified atom stereocenters. The number of amides is 1. The number of nitrogens with zero attached hydrogens (tertiary/aromatic N) is 2. The maximum Gasteiger partial charge on any atom is 0.328 e. The average molecular weight is 288 g/mol. The summed E-state index contributed by atoms with van der Waals surface area (Å²) in [4.78, 5) is 22.4. The maximum absolute atomic E-state index is 11.9. The molecular weight excluding hydrogens is 276 g/mol. The van der Waals surface area contributed by atoms with E-state index in [1.807, 2.05) is 0 Å². The van der Waals surface area contributed by atoms with Gasteiger partial charge in [-0.15, -0.1) is 0 Å². The van der Waals surface area contributed by atoms with Crippen LogP contribution in [0.5, 0.6) is 5.75 Å². The molecular formula is C13H12N4O4. The first-order valence-corrected chi connectivity index (χ1v) is 5.86. The molecule has 8 nitrogen and oxygen atoms in total. The highest BCUT2D eigenvalue weighted by Gasteiger charge is 2.12. The maximum atomic E-state index is 11.9. The van der Waals surface area contributed by atoms with Crippen LogP contribution in [0.4, 0.5) is 5.69 Å². The third kappa shape index (κ3) is 3.66. The number of aromatic amines is 1. The highest BCUT2D eigenvalue weighted by molar-refractivity contribution is 6.03. The van der Waals surface area contributed by atoms with Crippen LogP contribution in [0.25, 0.3) is 6.08 Å². The summed E-state index contributed by atoms with van der Waals surface area (Å²) in [6.07, 6.45) is 3.70. The minimum absolute atomic E-state index is 0.128. The number of benzene rings is 1. The molecule has 0 radical (unpaired) electrons. The van der Waals surface area contributed by atoms with Crippen LogP contribution in [0.3, 0.4) is 0 Å². The Bertz CT molecular complexity index is 679. The van der Waals surface area contributed by atoms with E-state index in [1.54, 1.807) is 18.2 Å². The van der Waals surface area contributed by atoms with Crippen molar-refractivity contribution in [3.05, 3.63) is 41.7 Å². The van der Waals surface area contributed by atoms with E-state index in [0.29, 0.717) is 17.0 Å². The van der Waals surface area contributed by atoms with Crippen molar-refractivity contribution < 1.29 is 19.4 Å². The molecule has 2 aromatic rings. The molecule has 0 saturated carbocycles. The van der Waals surface area contributed by atoms with E-state index in [4.69, 9.17) is 9.84 Å². The minimum atomic E-state index is -1.06. The van der Waals surface area contributed by atoms with Crippen molar-refractivity contribution >= 4 is 23.6 Å². The molecule has 2 rings (SSSR count). The normalized spacial score (nSPS) is 10.5. The van der Waals surface area contributed by atoms with Gasteiger partial charge in [0.15, 0.2) is 5.69 Å². The van der Waals surface area contributed by atoms with Crippen molar-refractivity contribution in [1.29, 1.82) is 0 Å². The van der Waals surface area contributed by atoms with Gasteiger partial charge in [-0.05, 0) is 23.8 Å². The third-order valence-corrected chi connectivity index (χ3v) is 2.54. The molecule has 1 aromatic carbocycles. The van der Waals surface area contributed by atoms with Crippen LogP contribution in [0.15, 0.2) is 30.5 Å². The zero-order chi connectivity index (χ0) is 15.2. The van der Waals surface area contributed by atoms with Gasteiger partial charge in [0.05, 0.1) is 19.0 Å². The number of aliphatic carboxylic acids is 1. The van der Waals surface area contributed by atoms with Crippen LogP contribution >= 0.6 is 0 Å². The molecule has 21 heavy (non-hydrogen) atoms. The fourth-order valence-electron chi connectivity index (χ4n) is 1.59. The molecule has 8 heteroatoms. The summed E-state index contributed by atoms with van der Waals surface area (Å²) in [5.74, 6) is -1.07. The smallest absolute Gasteiger partial charge is 0.328 e. The highest BCUT2D eigenvalue weighted by atomic mass is 16.5. The van der Waals surface area contributed by atoms with Gasteiger partial charge in [0.25, 0.3) is 5.91 Å². The van der Waals surface area contributed by atoms with Crippen molar-refractivity contribution in [2.24, 2.45) is 0 Å². The van der Waals surface area contributed by atoms with Gasteiger partial charge in [-0.1, -0.05) is 6.07 Å². The number of hydrogen-bond donors (Lipinski definition) is 3. The Labute approximate surface area is 119 Å². The quantitative estimate of drug-likeness (QED) is 0.711. The molecule has 0 spiro atoms. The van der Waals surface area contributed by atoms with Gasteiger partial charge in [0.2, 0.25) is 0 Å². The zero-order valence-corrected chi connectivity index (χ0v) is 11.0. The van der Waals surface area contributed by atoms with Crippen LogP contribution in [-0.4, -0.2) is 39.5 Å². The van der Waals surface area contributed by atoms with Crippen molar-refractivity contribution in [3.63, 3.8) is 0 Å². The van der Waals surface area contributed by atoms with Gasteiger partial charge in [0.1, 0.15) is 5.75 Å². The summed E-state index contributed by atoms with van der Waals surface area (Å²) in [7, 11) is 1.47. The van der Waals surface area contributed by atoms with Gasteiger partial charge in [-0.3, -0.25) is 4.79 Å². The Morgan fingerprint density at radius 1 is 1.43 bits per heavy atom. The van der Waals surface area contributed by atoms with Gasteiger partial charge >= 0.3 is 5.97 Å². The summed E-state index contributed by atoms with van der Waals surface area (Å²) >= 11 is 0. The first-order chi connectivity index (χ1) is 10.1. The lowest BCUT2D eigenvalue weighted by atomic mass is 10.1. The van der Waals surface area contributed by atoms with Crippen molar-refractivity contribution in [2.45, 2.75) is 0 Å². The molecule has 0 aliphatic rings. The van der Waals surface area contributed by atoms with Gasteiger partial charge in [-0.25, -0.2) is 4.79 Å². The topological polar surface area (TPSA) is 117 Å². The van der Waals surface area contributed by atoms with Crippen LogP contribution in [0, 0.1) is 0 Å². The van der Waals surface area contributed by atoms with E-state index in [1.165, 1.54) is 19.4 Å². The number of carboxylic acid groups (broad SMARTS) is 1. The lowest BCUT2D eigenvalue weighted by Gasteiger charge is -2.10. The monoisotopic (exact) mass is 288 g/mol. The second-order valence-corrected chi connectivity index (χ2v) is 3.94. The first kappa shape index (κ1) is 14.3. The van der Waals surface area contributed by atoms with E-state index in [0.717, 1.165) is 6.08 Å². The van der Waals surface area contributed by atoms with Gasteiger partial charge < -0.3 is 15.2 Å². The van der Waals surface area contributed by atoms with Crippen molar-refractivity contribution in [2.75, 3.05) is 12.4 Å². The number of methoxy groups -OCH3 is 1. The summed E-state index contributed by atoms with van der Waals surface area (Å²) in [5.41, 5.74) is 1.13. The molecule has 0 bridgehead atoms. The second-order valence-electron chi connectivity index (χ2n) is 3.94. The van der Waals surface area contributed by atoms with E-state index in [2.05, 4.69) is 20.7 Å². The molecule has 0 fully saturated rings. The average Bonchev–Trinajstić information content (AvgIpc) is 2.99. The molecule has 0 saturated heterocycles. The van der Waals surface area contributed by atoms with Crippen molar-refractivity contribution in [3.8, 4) is 5.75 Å². The summed E-state index contributed by atoms with van der Waals surface area (Å²) in [6, 6.07) is 4.89. The molecule has 0 aliphatic heterocycles. The Balaban J connectivity index is 2.25. The molecule has 3 N–H and O–H groups in total. The second kappa shape index (κ2) is 6.33. The van der Waals surface area contributed by atoms with Crippen LogP contribution in [0.2, 0.25) is 0 Å². The van der Waals surface area contributed by atoms with Crippen LogP contribution in [-0.2, 0) is 4.79 Å². The summed E-state index contributed by atoms with van der Waals surface area (Å²) < 4.78 is 5.15. The van der Waals surface area contributed by atoms with Crippen LogP contribution in [0.1, 0.15) is 16.1 Å². The zero-order valence-electron chi connectivity index (χ0n) is 11.0. The number of carbonyl (C=O) groups is 2. The number of carbonyl (C=O) groups excluding carboxylic acids is 1. The number of nitrogens with one attached hydrogen (secondary N) is 2. The highest BCUT2D eigenvalue weighted by Crippen LogP contribution is 2.26. The summed E-state index contributed by atoms with van der Waals surface area (Å²) in [5, 5.41) is 20.8. The Hall–Kier alpha value is -3.16. The lowest BCUT2D eigenvalue weighted by molar-refractivity contribution is -0.131. The SMILES string of the molecule is COc1ccc(/C=C/C(=O)O)cc1NC(=O)c1cn[nH]n1. The van der Waals surface area contributed by atoms with E-state index >= 15 is 0 Å². The standard InChI is InChI=1S/C13H12N4O4/c1-21-11-4-2-8(3-5-12(18)19)6-9(11)15-13(20)10-7-14-17-16-10/h2-7H,1H3,(H,15,20)(H,18,19)(H,14,16,17)/b5-3+. The fourth-order valence-corrected chi connectivity index (χ4v) is 1.59. The molecule has 1 heterocycles. The molecule has 0 atom stereocenters. The largest absolute Gasteiger partial charge is 0.495 e. The first-order valence-electron chi connectivity index (χ1n) is 5.86. The predicted molar refractivity (Wildman–Crippen MR) is 74.0 cm³/mol. The molecule has 108 valence electrons. The molecule has 0 aliphatic carbocycles. The number of carboxylic acids is 1. The van der Waals surface area contributed by atoms with Gasteiger partial charge in [-0.2, -0.15) is 15.4 Å². The Morgan fingerprint density at radius 3 is 2.86 bits per heavy atom. The molecule has 1 aromatic heterocycles.